The Hall–Kier alpha value is -3.16. The number of nitrogens with one attached hydrogen (secondary N) is 1. The molecule has 2 aromatic carbocycles. The SMILES string of the molecule is COc1cc2[nH]c(-c3ccc(C(F)(F)F)cc3)c(O)c(=O)c2cc1OC. The largest absolute Gasteiger partial charge is 0.503 e. The van der Waals surface area contributed by atoms with Crippen LogP contribution in [0.15, 0.2) is 41.2 Å². The van der Waals surface area contributed by atoms with Gasteiger partial charge in [0.2, 0.25) is 5.43 Å². The lowest BCUT2D eigenvalue weighted by Crippen LogP contribution is -2.07. The average molecular weight is 365 g/mol. The number of aromatic nitrogens is 1. The molecule has 3 rings (SSSR count). The minimum absolute atomic E-state index is 0.0171. The molecule has 0 saturated heterocycles. The van der Waals surface area contributed by atoms with Gasteiger partial charge >= 0.3 is 6.18 Å². The Morgan fingerprint density at radius 3 is 2.12 bits per heavy atom. The van der Waals surface area contributed by atoms with Crippen LogP contribution in [0.2, 0.25) is 0 Å². The van der Waals surface area contributed by atoms with Gasteiger partial charge in [-0.3, -0.25) is 4.79 Å². The summed E-state index contributed by atoms with van der Waals surface area (Å²) in [5.74, 6) is 0.0800. The lowest BCUT2D eigenvalue weighted by Gasteiger charge is -2.12. The lowest BCUT2D eigenvalue weighted by atomic mass is 10.1. The quantitative estimate of drug-likeness (QED) is 0.738. The highest BCUT2D eigenvalue weighted by atomic mass is 19.4. The smallest absolute Gasteiger partial charge is 0.416 e. The molecule has 0 radical (unpaired) electrons. The number of ether oxygens (including phenoxy) is 2. The van der Waals surface area contributed by atoms with E-state index in [9.17, 15) is 23.1 Å². The van der Waals surface area contributed by atoms with E-state index in [0.717, 1.165) is 12.1 Å². The van der Waals surface area contributed by atoms with Gasteiger partial charge in [-0.15, -0.1) is 0 Å². The van der Waals surface area contributed by atoms with E-state index in [-0.39, 0.29) is 16.6 Å². The van der Waals surface area contributed by atoms with Crippen LogP contribution in [0.1, 0.15) is 5.56 Å². The second-order valence-electron chi connectivity index (χ2n) is 5.51. The van der Waals surface area contributed by atoms with Crippen molar-refractivity contribution in [2.75, 3.05) is 14.2 Å². The molecule has 0 aliphatic carbocycles. The first-order chi connectivity index (χ1) is 12.3. The summed E-state index contributed by atoms with van der Waals surface area (Å²) in [5.41, 5.74) is -0.891. The highest BCUT2D eigenvalue weighted by Crippen LogP contribution is 2.35. The van der Waals surface area contributed by atoms with Crippen molar-refractivity contribution in [2.24, 2.45) is 0 Å². The number of alkyl halides is 3. The van der Waals surface area contributed by atoms with Gasteiger partial charge in [0, 0.05) is 11.6 Å². The maximum Gasteiger partial charge on any atom is 0.416 e. The van der Waals surface area contributed by atoms with Crippen LogP contribution in [-0.4, -0.2) is 24.3 Å². The summed E-state index contributed by atoms with van der Waals surface area (Å²) in [6.07, 6.45) is -4.47. The third-order valence-electron chi connectivity index (χ3n) is 3.98. The van der Waals surface area contributed by atoms with E-state index in [1.54, 1.807) is 0 Å². The summed E-state index contributed by atoms with van der Waals surface area (Å²) in [6.45, 7) is 0. The number of halogens is 3. The number of methoxy groups -OCH3 is 2. The van der Waals surface area contributed by atoms with Crippen LogP contribution < -0.4 is 14.9 Å². The van der Waals surface area contributed by atoms with Crippen LogP contribution in [0.4, 0.5) is 13.2 Å². The standard InChI is InChI=1S/C18H14F3NO4/c1-25-13-7-11-12(8-14(13)26-2)22-15(17(24)16(11)23)9-3-5-10(6-4-9)18(19,20)21/h3-8,24H,1-2H3,(H,22,23). The van der Waals surface area contributed by atoms with E-state index in [1.165, 1.54) is 38.5 Å². The summed E-state index contributed by atoms with van der Waals surface area (Å²) >= 11 is 0. The van der Waals surface area contributed by atoms with Crippen LogP contribution >= 0.6 is 0 Å². The number of rotatable bonds is 3. The van der Waals surface area contributed by atoms with E-state index < -0.39 is 22.9 Å². The summed E-state index contributed by atoms with van der Waals surface area (Å²) in [6, 6.07) is 7.06. The summed E-state index contributed by atoms with van der Waals surface area (Å²) < 4.78 is 48.4. The van der Waals surface area contributed by atoms with Crippen LogP contribution in [-0.2, 0) is 6.18 Å². The van der Waals surface area contributed by atoms with Gasteiger partial charge in [0.1, 0.15) is 0 Å². The molecule has 5 nitrogen and oxygen atoms in total. The first-order valence-electron chi connectivity index (χ1n) is 7.45. The summed E-state index contributed by atoms with van der Waals surface area (Å²) in [4.78, 5) is 15.3. The molecule has 136 valence electrons. The Morgan fingerprint density at radius 1 is 1.00 bits per heavy atom. The van der Waals surface area contributed by atoms with Gasteiger partial charge in [-0.2, -0.15) is 13.2 Å². The zero-order valence-corrected chi connectivity index (χ0v) is 13.8. The first-order valence-corrected chi connectivity index (χ1v) is 7.45. The van der Waals surface area contributed by atoms with Crippen molar-refractivity contribution in [3.63, 3.8) is 0 Å². The van der Waals surface area contributed by atoms with Gasteiger partial charge in [-0.1, -0.05) is 12.1 Å². The zero-order valence-electron chi connectivity index (χ0n) is 13.8. The monoisotopic (exact) mass is 365 g/mol. The molecular weight excluding hydrogens is 351 g/mol. The molecule has 3 aromatic rings. The summed E-state index contributed by atoms with van der Waals surface area (Å²) in [5, 5.41) is 10.4. The lowest BCUT2D eigenvalue weighted by molar-refractivity contribution is -0.137. The normalized spacial score (nSPS) is 11.6. The van der Waals surface area contributed by atoms with E-state index in [0.29, 0.717) is 17.0 Å². The molecule has 1 aromatic heterocycles. The first kappa shape index (κ1) is 17.7. The van der Waals surface area contributed by atoms with Gasteiger partial charge < -0.3 is 19.6 Å². The number of hydrogen-bond donors (Lipinski definition) is 2. The molecule has 0 fully saturated rings. The number of pyridine rings is 1. The fourth-order valence-electron chi connectivity index (χ4n) is 2.64. The van der Waals surface area contributed by atoms with E-state index in [1.807, 2.05) is 0 Å². The zero-order chi connectivity index (χ0) is 19.1. The van der Waals surface area contributed by atoms with Gasteiger partial charge in [-0.05, 0) is 18.2 Å². The van der Waals surface area contributed by atoms with E-state index in [4.69, 9.17) is 9.47 Å². The van der Waals surface area contributed by atoms with E-state index >= 15 is 0 Å². The van der Waals surface area contributed by atoms with Crippen LogP contribution in [0, 0.1) is 0 Å². The molecule has 8 heteroatoms. The highest BCUT2D eigenvalue weighted by molar-refractivity contribution is 5.87. The fraction of sp³-hybridized carbons (Fsp3) is 0.167. The summed E-state index contributed by atoms with van der Waals surface area (Å²) in [7, 11) is 2.84. The van der Waals surface area contributed by atoms with Crippen molar-refractivity contribution in [2.45, 2.75) is 6.18 Å². The number of fused-ring (bicyclic) bond motifs is 1. The highest BCUT2D eigenvalue weighted by Gasteiger charge is 2.30. The van der Waals surface area contributed by atoms with Crippen LogP contribution in [0.5, 0.6) is 17.2 Å². The number of H-pyrrole nitrogens is 1. The van der Waals surface area contributed by atoms with Crippen molar-refractivity contribution in [3.05, 3.63) is 52.2 Å². The molecule has 0 unspecified atom stereocenters. The van der Waals surface area contributed by atoms with Crippen molar-refractivity contribution in [1.29, 1.82) is 0 Å². The molecular formula is C18H14F3NO4. The Morgan fingerprint density at radius 2 is 1.58 bits per heavy atom. The number of aromatic amines is 1. The van der Waals surface area contributed by atoms with Crippen molar-refractivity contribution in [3.8, 4) is 28.5 Å². The number of aromatic hydroxyl groups is 1. The van der Waals surface area contributed by atoms with Gasteiger partial charge in [-0.25, -0.2) is 0 Å². The predicted molar refractivity (Wildman–Crippen MR) is 89.8 cm³/mol. The van der Waals surface area contributed by atoms with Crippen molar-refractivity contribution >= 4 is 10.9 Å². The molecule has 0 aliphatic heterocycles. The topological polar surface area (TPSA) is 71.5 Å². The third-order valence-corrected chi connectivity index (χ3v) is 3.98. The van der Waals surface area contributed by atoms with Gasteiger partial charge in [0.05, 0.1) is 36.4 Å². The van der Waals surface area contributed by atoms with Crippen molar-refractivity contribution in [1.82, 2.24) is 4.98 Å². The molecule has 0 spiro atoms. The van der Waals surface area contributed by atoms with Crippen LogP contribution in [0.3, 0.4) is 0 Å². The molecule has 2 N–H and O–H groups in total. The van der Waals surface area contributed by atoms with E-state index in [2.05, 4.69) is 4.98 Å². The molecule has 0 amide bonds. The maximum atomic E-state index is 12.7. The second-order valence-corrected chi connectivity index (χ2v) is 5.51. The molecule has 0 bridgehead atoms. The maximum absolute atomic E-state index is 12.7. The molecule has 0 atom stereocenters. The number of benzene rings is 2. The minimum atomic E-state index is -4.47. The average Bonchev–Trinajstić information content (AvgIpc) is 2.63. The Kier molecular flexibility index (Phi) is 4.27. The fourth-order valence-corrected chi connectivity index (χ4v) is 2.64. The second kappa shape index (κ2) is 6.29. The Bertz CT molecular complexity index is 1020. The van der Waals surface area contributed by atoms with Gasteiger partial charge in [0.15, 0.2) is 17.2 Å². The minimum Gasteiger partial charge on any atom is -0.503 e. The molecule has 0 saturated carbocycles. The van der Waals surface area contributed by atoms with Crippen molar-refractivity contribution < 1.29 is 27.8 Å². The van der Waals surface area contributed by atoms with Crippen LogP contribution in [0.25, 0.3) is 22.2 Å². The predicted octanol–water partition coefficient (Wildman–Crippen LogP) is 3.94. The molecule has 0 aliphatic rings. The van der Waals surface area contributed by atoms with Gasteiger partial charge in [0.25, 0.3) is 0 Å². The number of hydrogen-bond acceptors (Lipinski definition) is 4. The Labute approximate surface area is 145 Å². The third kappa shape index (κ3) is 2.94. The Balaban J connectivity index is 2.21. The molecule has 26 heavy (non-hydrogen) atoms. The molecule has 1 heterocycles.